The standard InChI is InChI=1S/C12H18N2O3/c1-9(2)6-7-13-11-8-10(14(15)16)4-5-12(11)17-3/h4-5,8-9,13H,6-7H2,1-3H3. The summed E-state index contributed by atoms with van der Waals surface area (Å²) in [5.41, 5.74) is 0.736. The molecule has 1 aromatic carbocycles. The first-order valence-corrected chi connectivity index (χ1v) is 5.61. The summed E-state index contributed by atoms with van der Waals surface area (Å²) in [6.45, 7) is 5.04. The molecule has 0 saturated carbocycles. The van der Waals surface area contributed by atoms with Crippen molar-refractivity contribution >= 4 is 11.4 Å². The lowest BCUT2D eigenvalue weighted by Gasteiger charge is -2.11. The van der Waals surface area contributed by atoms with E-state index in [4.69, 9.17) is 4.74 Å². The molecule has 1 N–H and O–H groups in total. The first-order valence-electron chi connectivity index (χ1n) is 5.61. The van der Waals surface area contributed by atoms with Gasteiger partial charge in [-0.3, -0.25) is 10.1 Å². The van der Waals surface area contributed by atoms with Crippen LogP contribution in [0.5, 0.6) is 5.75 Å². The topological polar surface area (TPSA) is 64.4 Å². The van der Waals surface area contributed by atoms with Crippen LogP contribution < -0.4 is 10.1 Å². The Morgan fingerprint density at radius 3 is 2.71 bits per heavy atom. The van der Waals surface area contributed by atoms with E-state index < -0.39 is 4.92 Å². The zero-order chi connectivity index (χ0) is 12.8. The number of benzene rings is 1. The Labute approximate surface area is 101 Å². The van der Waals surface area contributed by atoms with Gasteiger partial charge in [0.15, 0.2) is 0 Å². The summed E-state index contributed by atoms with van der Waals surface area (Å²) < 4.78 is 5.15. The molecular formula is C12H18N2O3. The molecule has 0 heterocycles. The Bertz CT molecular complexity index is 391. The van der Waals surface area contributed by atoms with Crippen LogP contribution in [0.25, 0.3) is 0 Å². The average Bonchev–Trinajstić information content (AvgIpc) is 2.28. The molecule has 0 aliphatic heterocycles. The summed E-state index contributed by atoms with van der Waals surface area (Å²) in [5, 5.41) is 13.8. The summed E-state index contributed by atoms with van der Waals surface area (Å²) >= 11 is 0. The highest BCUT2D eigenvalue weighted by molar-refractivity contribution is 5.61. The second-order valence-corrected chi connectivity index (χ2v) is 4.25. The third kappa shape index (κ3) is 3.94. The minimum Gasteiger partial charge on any atom is -0.495 e. The number of nitrogens with zero attached hydrogens (tertiary/aromatic N) is 1. The SMILES string of the molecule is COc1ccc([N+](=O)[O-])cc1NCCC(C)C. The molecule has 0 aliphatic carbocycles. The minimum absolute atomic E-state index is 0.0675. The molecule has 0 aromatic heterocycles. The van der Waals surface area contributed by atoms with Crippen LogP contribution in [0.4, 0.5) is 11.4 Å². The van der Waals surface area contributed by atoms with Crippen LogP contribution in [-0.2, 0) is 0 Å². The maximum atomic E-state index is 10.7. The van der Waals surface area contributed by atoms with Crippen LogP contribution in [0.15, 0.2) is 18.2 Å². The number of non-ortho nitro benzene ring substituents is 1. The van der Waals surface area contributed by atoms with Crippen molar-refractivity contribution in [3.05, 3.63) is 28.3 Å². The van der Waals surface area contributed by atoms with Gasteiger partial charge in [0, 0.05) is 18.7 Å². The van der Waals surface area contributed by atoms with Crippen LogP contribution in [0.3, 0.4) is 0 Å². The number of nitro groups is 1. The van der Waals surface area contributed by atoms with Crippen molar-refractivity contribution in [1.82, 2.24) is 0 Å². The van der Waals surface area contributed by atoms with Crippen molar-refractivity contribution in [2.24, 2.45) is 5.92 Å². The van der Waals surface area contributed by atoms with Gasteiger partial charge in [0.25, 0.3) is 5.69 Å². The molecule has 1 rings (SSSR count). The number of nitro benzene ring substituents is 1. The van der Waals surface area contributed by atoms with E-state index in [0.29, 0.717) is 17.4 Å². The number of anilines is 1. The third-order valence-corrected chi connectivity index (χ3v) is 2.43. The molecule has 5 heteroatoms. The lowest BCUT2D eigenvalue weighted by atomic mass is 10.1. The molecule has 17 heavy (non-hydrogen) atoms. The molecular weight excluding hydrogens is 220 g/mol. The fourth-order valence-corrected chi connectivity index (χ4v) is 1.44. The highest BCUT2D eigenvalue weighted by Crippen LogP contribution is 2.28. The van der Waals surface area contributed by atoms with Gasteiger partial charge >= 0.3 is 0 Å². The Kier molecular flexibility index (Phi) is 4.75. The summed E-state index contributed by atoms with van der Waals surface area (Å²) in [4.78, 5) is 10.3. The Balaban J connectivity index is 2.79. The second kappa shape index (κ2) is 6.08. The molecule has 0 unspecified atom stereocenters. The Morgan fingerprint density at radius 2 is 2.18 bits per heavy atom. The van der Waals surface area contributed by atoms with Gasteiger partial charge in [0.2, 0.25) is 0 Å². The molecule has 0 bridgehead atoms. The van der Waals surface area contributed by atoms with Gasteiger partial charge in [-0.1, -0.05) is 13.8 Å². The fraction of sp³-hybridized carbons (Fsp3) is 0.500. The molecule has 0 saturated heterocycles. The Hall–Kier alpha value is -1.78. The van der Waals surface area contributed by atoms with Crippen molar-refractivity contribution in [2.45, 2.75) is 20.3 Å². The van der Waals surface area contributed by atoms with E-state index in [2.05, 4.69) is 19.2 Å². The normalized spacial score (nSPS) is 10.4. The number of hydrogen-bond donors (Lipinski definition) is 1. The average molecular weight is 238 g/mol. The molecule has 94 valence electrons. The highest BCUT2D eigenvalue weighted by Gasteiger charge is 2.10. The van der Waals surface area contributed by atoms with Crippen LogP contribution in [-0.4, -0.2) is 18.6 Å². The Morgan fingerprint density at radius 1 is 1.47 bits per heavy atom. The smallest absolute Gasteiger partial charge is 0.271 e. The number of ether oxygens (including phenoxy) is 1. The largest absolute Gasteiger partial charge is 0.495 e. The van der Waals surface area contributed by atoms with Crippen LogP contribution in [0.2, 0.25) is 0 Å². The third-order valence-electron chi connectivity index (χ3n) is 2.43. The summed E-state index contributed by atoms with van der Waals surface area (Å²) in [6, 6.07) is 4.54. The van der Waals surface area contributed by atoms with Gasteiger partial charge in [-0.15, -0.1) is 0 Å². The van der Waals surface area contributed by atoms with Crippen molar-refractivity contribution in [2.75, 3.05) is 19.0 Å². The summed E-state index contributed by atoms with van der Waals surface area (Å²) in [7, 11) is 1.55. The van der Waals surface area contributed by atoms with Gasteiger partial charge in [-0.25, -0.2) is 0 Å². The van der Waals surface area contributed by atoms with Gasteiger partial charge in [-0.2, -0.15) is 0 Å². The van der Waals surface area contributed by atoms with E-state index in [1.165, 1.54) is 12.1 Å². The molecule has 0 atom stereocenters. The van der Waals surface area contributed by atoms with Gasteiger partial charge in [-0.05, 0) is 18.4 Å². The molecule has 0 spiro atoms. The lowest BCUT2D eigenvalue weighted by Crippen LogP contribution is -2.06. The van der Waals surface area contributed by atoms with Crippen molar-refractivity contribution in [1.29, 1.82) is 0 Å². The molecule has 0 fully saturated rings. The van der Waals surface area contributed by atoms with Crippen LogP contribution in [0, 0.1) is 16.0 Å². The van der Waals surface area contributed by atoms with Crippen molar-refractivity contribution in [3.63, 3.8) is 0 Å². The van der Waals surface area contributed by atoms with Crippen molar-refractivity contribution < 1.29 is 9.66 Å². The van der Waals surface area contributed by atoms with Crippen LogP contribution >= 0.6 is 0 Å². The monoisotopic (exact) mass is 238 g/mol. The number of hydrogen-bond acceptors (Lipinski definition) is 4. The molecule has 0 aliphatic rings. The van der Waals surface area contributed by atoms with Gasteiger partial charge in [0.05, 0.1) is 17.7 Å². The zero-order valence-corrected chi connectivity index (χ0v) is 10.4. The quantitative estimate of drug-likeness (QED) is 0.611. The van der Waals surface area contributed by atoms with E-state index in [1.54, 1.807) is 13.2 Å². The first kappa shape index (κ1) is 13.3. The van der Waals surface area contributed by atoms with E-state index in [-0.39, 0.29) is 5.69 Å². The van der Waals surface area contributed by atoms with E-state index >= 15 is 0 Å². The van der Waals surface area contributed by atoms with E-state index in [0.717, 1.165) is 13.0 Å². The first-order chi connectivity index (χ1) is 8.04. The second-order valence-electron chi connectivity index (χ2n) is 4.25. The van der Waals surface area contributed by atoms with Gasteiger partial charge < -0.3 is 10.1 Å². The zero-order valence-electron chi connectivity index (χ0n) is 10.4. The van der Waals surface area contributed by atoms with E-state index in [9.17, 15) is 10.1 Å². The fourth-order valence-electron chi connectivity index (χ4n) is 1.44. The highest BCUT2D eigenvalue weighted by atomic mass is 16.6. The lowest BCUT2D eigenvalue weighted by molar-refractivity contribution is -0.384. The predicted molar refractivity (Wildman–Crippen MR) is 67.6 cm³/mol. The molecule has 0 amide bonds. The predicted octanol–water partition coefficient (Wildman–Crippen LogP) is 3.06. The molecule has 0 radical (unpaired) electrons. The summed E-state index contributed by atoms with van der Waals surface area (Å²) in [5.74, 6) is 1.21. The van der Waals surface area contributed by atoms with Crippen molar-refractivity contribution in [3.8, 4) is 5.75 Å². The molecule has 5 nitrogen and oxygen atoms in total. The number of rotatable bonds is 6. The van der Waals surface area contributed by atoms with Gasteiger partial charge in [0.1, 0.15) is 5.75 Å². The minimum atomic E-state index is -0.410. The molecule has 1 aromatic rings. The van der Waals surface area contributed by atoms with Crippen LogP contribution in [0.1, 0.15) is 20.3 Å². The number of nitrogens with one attached hydrogen (secondary N) is 1. The summed E-state index contributed by atoms with van der Waals surface area (Å²) in [6.07, 6.45) is 1.01. The number of methoxy groups -OCH3 is 1. The maximum Gasteiger partial charge on any atom is 0.271 e. The van der Waals surface area contributed by atoms with E-state index in [1.807, 2.05) is 0 Å². The maximum absolute atomic E-state index is 10.7.